The van der Waals surface area contributed by atoms with Crippen molar-refractivity contribution in [2.24, 2.45) is 0 Å². The van der Waals surface area contributed by atoms with Gasteiger partial charge in [-0.2, -0.15) is 0 Å². The molecule has 0 radical (unpaired) electrons. The van der Waals surface area contributed by atoms with Crippen LogP contribution in [0.4, 0.5) is 5.69 Å². The Hall–Kier alpha value is -1.62. The number of rotatable bonds is 2. The molecule has 1 aliphatic heterocycles. The fraction of sp³-hybridized carbons (Fsp3) is 0.0667. The van der Waals surface area contributed by atoms with Crippen LogP contribution in [-0.4, -0.2) is 18.5 Å². The smallest absolute Gasteiger partial charge is 0.268 e. The Bertz CT molecular complexity index is 741. The van der Waals surface area contributed by atoms with Gasteiger partial charge in [-0.3, -0.25) is 9.59 Å². The first-order chi connectivity index (χ1) is 9.89. The van der Waals surface area contributed by atoms with Gasteiger partial charge in [-0.25, -0.2) is 4.90 Å². The summed E-state index contributed by atoms with van der Waals surface area (Å²) in [6.45, 7) is -0.809. The van der Waals surface area contributed by atoms with Crippen LogP contribution in [0, 0.1) is 0 Å². The summed E-state index contributed by atoms with van der Waals surface area (Å²) < 4.78 is 0. The highest BCUT2D eigenvalue weighted by molar-refractivity contribution is 7.50. The van der Waals surface area contributed by atoms with E-state index in [9.17, 15) is 9.59 Å². The van der Waals surface area contributed by atoms with Gasteiger partial charge >= 0.3 is 0 Å². The average Bonchev–Trinajstić information content (AvgIpc) is 2.70. The first-order valence-electron chi connectivity index (χ1n) is 6.36. The Morgan fingerprint density at radius 3 is 2.14 bits per heavy atom. The van der Waals surface area contributed by atoms with Gasteiger partial charge in [0.1, 0.15) is 0 Å². The summed E-state index contributed by atoms with van der Waals surface area (Å²) in [6.07, 6.45) is 0. The minimum atomic E-state index is -2.57. The first kappa shape index (κ1) is 14.3. The third-order valence-electron chi connectivity index (χ3n) is 3.41. The average molecular weight is 336 g/mol. The summed E-state index contributed by atoms with van der Waals surface area (Å²) in [5.74, 6) is -0.658. The van der Waals surface area contributed by atoms with Crippen LogP contribution < -0.4 is 10.1 Å². The Morgan fingerprint density at radius 1 is 0.905 bits per heavy atom. The summed E-state index contributed by atoms with van der Waals surface area (Å²) >= 11 is 12.4. The molecule has 0 aliphatic carbocycles. The van der Waals surface area contributed by atoms with E-state index in [0.717, 1.165) is 5.19 Å². The number of amides is 2. The number of carbonyl (C=O) groups excluding carboxylic acids is 2. The Balaban J connectivity index is 2.09. The Morgan fingerprint density at radius 2 is 1.52 bits per heavy atom. The number of anilines is 1. The van der Waals surface area contributed by atoms with Gasteiger partial charge < -0.3 is 0 Å². The van der Waals surface area contributed by atoms with Crippen LogP contribution in [0.2, 0.25) is 6.55 Å². The molecular formula is C15H11Cl2NO2Si. The number of halogens is 2. The van der Waals surface area contributed by atoms with Crippen LogP contribution in [0.3, 0.4) is 0 Å². The molecule has 0 N–H and O–H groups in total. The van der Waals surface area contributed by atoms with E-state index >= 15 is 0 Å². The number of hydrogen-bond donors (Lipinski definition) is 0. The molecule has 0 saturated carbocycles. The van der Waals surface area contributed by atoms with Crippen LogP contribution in [0.5, 0.6) is 0 Å². The van der Waals surface area contributed by atoms with Crippen LogP contribution >= 0.6 is 22.2 Å². The summed E-state index contributed by atoms with van der Waals surface area (Å²) in [7, 11) is 0. The van der Waals surface area contributed by atoms with Crippen molar-refractivity contribution in [2.45, 2.75) is 6.55 Å². The van der Waals surface area contributed by atoms with Crippen LogP contribution in [0.25, 0.3) is 0 Å². The molecule has 0 unspecified atom stereocenters. The Kier molecular flexibility index (Phi) is 3.40. The zero-order valence-corrected chi connectivity index (χ0v) is 13.7. The number of nitrogens with zero attached hydrogens (tertiary/aromatic N) is 1. The van der Waals surface area contributed by atoms with Crippen molar-refractivity contribution in [3.63, 3.8) is 0 Å². The quantitative estimate of drug-likeness (QED) is 0.480. The van der Waals surface area contributed by atoms with E-state index in [1.165, 1.54) is 4.90 Å². The van der Waals surface area contributed by atoms with E-state index in [1.807, 2.05) is 6.07 Å². The molecule has 106 valence electrons. The number of hydrogen-bond acceptors (Lipinski definition) is 2. The molecule has 0 atom stereocenters. The minimum absolute atomic E-state index is 0.319. The molecule has 2 aromatic rings. The summed E-state index contributed by atoms with van der Waals surface area (Å²) in [5.41, 5.74) is 1.31. The van der Waals surface area contributed by atoms with Crippen molar-refractivity contribution >= 4 is 51.5 Å². The van der Waals surface area contributed by atoms with E-state index < -0.39 is 6.69 Å². The molecule has 0 saturated heterocycles. The third kappa shape index (κ3) is 2.39. The lowest BCUT2D eigenvalue weighted by Gasteiger charge is -2.13. The topological polar surface area (TPSA) is 37.4 Å². The van der Waals surface area contributed by atoms with Gasteiger partial charge in [0.2, 0.25) is 0 Å². The van der Waals surface area contributed by atoms with E-state index in [4.69, 9.17) is 22.2 Å². The number of imide groups is 1. The van der Waals surface area contributed by atoms with Gasteiger partial charge in [-0.1, -0.05) is 24.3 Å². The van der Waals surface area contributed by atoms with Crippen LogP contribution in [0.1, 0.15) is 20.7 Å². The summed E-state index contributed by atoms with van der Waals surface area (Å²) in [6, 6.07) is 13.9. The number of carbonyl (C=O) groups is 2. The molecule has 2 amide bonds. The van der Waals surface area contributed by atoms with Crippen molar-refractivity contribution in [2.75, 3.05) is 4.90 Å². The lowest BCUT2D eigenvalue weighted by atomic mass is 10.1. The molecule has 0 fully saturated rings. The summed E-state index contributed by atoms with van der Waals surface area (Å²) in [4.78, 5) is 26.1. The van der Waals surface area contributed by atoms with Crippen molar-refractivity contribution in [1.82, 2.24) is 0 Å². The normalized spacial score (nSPS) is 14.5. The van der Waals surface area contributed by atoms with Crippen molar-refractivity contribution < 1.29 is 9.59 Å². The maximum Gasteiger partial charge on any atom is 0.277 e. The van der Waals surface area contributed by atoms with Crippen molar-refractivity contribution in [3.05, 3.63) is 59.7 Å². The zero-order valence-electron chi connectivity index (χ0n) is 11.1. The second-order valence-electron chi connectivity index (χ2n) is 4.93. The molecule has 0 bridgehead atoms. The van der Waals surface area contributed by atoms with Gasteiger partial charge in [-0.05, 0) is 36.0 Å². The third-order valence-corrected chi connectivity index (χ3v) is 6.04. The molecule has 1 aliphatic rings. The van der Waals surface area contributed by atoms with Crippen LogP contribution in [0.15, 0.2) is 48.5 Å². The second kappa shape index (κ2) is 4.98. The number of para-hydroxylation sites is 1. The monoisotopic (exact) mass is 335 g/mol. The molecule has 2 aromatic carbocycles. The maximum atomic E-state index is 12.5. The molecule has 3 nitrogen and oxygen atoms in total. The molecule has 3 rings (SSSR count). The molecular weight excluding hydrogens is 325 g/mol. The van der Waals surface area contributed by atoms with E-state index in [2.05, 4.69) is 0 Å². The van der Waals surface area contributed by atoms with Crippen molar-refractivity contribution in [1.29, 1.82) is 0 Å². The predicted octanol–water partition coefficient (Wildman–Crippen LogP) is 3.24. The molecule has 6 heteroatoms. The summed E-state index contributed by atoms with van der Waals surface area (Å²) in [5, 5.41) is 0.723. The molecule has 0 spiro atoms. The highest BCUT2D eigenvalue weighted by Crippen LogP contribution is 2.28. The van der Waals surface area contributed by atoms with Gasteiger partial charge in [0, 0.05) is 0 Å². The van der Waals surface area contributed by atoms with E-state index in [-0.39, 0.29) is 11.8 Å². The number of benzene rings is 2. The van der Waals surface area contributed by atoms with E-state index in [0.29, 0.717) is 16.8 Å². The lowest BCUT2D eigenvalue weighted by molar-refractivity contribution is 0.0926. The molecule has 1 heterocycles. The highest BCUT2D eigenvalue weighted by Gasteiger charge is 2.38. The van der Waals surface area contributed by atoms with Crippen molar-refractivity contribution in [3.8, 4) is 0 Å². The van der Waals surface area contributed by atoms with E-state index in [1.54, 1.807) is 49.0 Å². The minimum Gasteiger partial charge on any atom is -0.268 e. The highest BCUT2D eigenvalue weighted by atomic mass is 35.7. The fourth-order valence-electron chi connectivity index (χ4n) is 2.33. The standard InChI is InChI=1S/C15H11Cl2NO2Si/c1-21(16,17)11-7-8-12-13(9-11)15(20)18(14(12)19)10-5-3-2-4-6-10/h2-9H,1H3. The largest absolute Gasteiger partial charge is 0.277 e. The SMILES string of the molecule is C[Si](Cl)(Cl)c1ccc2c(c1)C(=O)N(c1ccccc1)C2=O. The first-order valence-corrected chi connectivity index (χ1v) is 10.9. The maximum absolute atomic E-state index is 12.5. The van der Waals surface area contributed by atoms with Gasteiger partial charge in [0.05, 0.1) is 16.8 Å². The second-order valence-corrected chi connectivity index (χ2v) is 12.4. The van der Waals surface area contributed by atoms with Gasteiger partial charge in [0.25, 0.3) is 18.5 Å². The van der Waals surface area contributed by atoms with Gasteiger partial charge in [-0.15, -0.1) is 22.2 Å². The molecule has 21 heavy (non-hydrogen) atoms. The molecule has 0 aromatic heterocycles. The van der Waals surface area contributed by atoms with Gasteiger partial charge in [0.15, 0.2) is 0 Å². The Labute approximate surface area is 132 Å². The lowest BCUT2D eigenvalue weighted by Crippen LogP contribution is -2.33. The van der Waals surface area contributed by atoms with Crippen LogP contribution in [-0.2, 0) is 0 Å². The number of fused-ring (bicyclic) bond motifs is 1. The fourth-order valence-corrected chi connectivity index (χ4v) is 3.80. The zero-order chi connectivity index (χ0) is 15.2. The predicted molar refractivity (Wildman–Crippen MR) is 87.0 cm³/mol.